The van der Waals surface area contributed by atoms with Crippen LogP contribution in [0, 0.1) is 13.8 Å². The Bertz CT molecular complexity index is 543. The van der Waals surface area contributed by atoms with Crippen LogP contribution < -0.4 is 5.73 Å². The van der Waals surface area contributed by atoms with Crippen LogP contribution in [0.3, 0.4) is 0 Å². The van der Waals surface area contributed by atoms with Gasteiger partial charge in [-0.15, -0.1) is 0 Å². The largest absolute Gasteiger partial charge is 0.384 e. The molecule has 0 atom stereocenters. The zero-order valence-corrected chi connectivity index (χ0v) is 11.2. The lowest BCUT2D eigenvalue weighted by Crippen LogP contribution is -1.97. The average Bonchev–Trinajstić information content (AvgIpc) is 2.50. The topological polar surface area (TPSA) is 43.8 Å². The molecular formula is C12H14BrN3. The Labute approximate surface area is 103 Å². The zero-order valence-electron chi connectivity index (χ0n) is 9.58. The van der Waals surface area contributed by atoms with E-state index in [9.17, 15) is 0 Å². The van der Waals surface area contributed by atoms with Gasteiger partial charge < -0.3 is 5.73 Å². The van der Waals surface area contributed by atoms with Crippen molar-refractivity contribution in [1.29, 1.82) is 0 Å². The molecule has 0 fully saturated rings. The van der Waals surface area contributed by atoms with Crippen molar-refractivity contribution in [3.8, 4) is 11.3 Å². The van der Waals surface area contributed by atoms with Crippen LogP contribution in [0.4, 0.5) is 5.82 Å². The summed E-state index contributed by atoms with van der Waals surface area (Å²) in [6.07, 6.45) is 0. The average molecular weight is 280 g/mol. The minimum atomic E-state index is 0.711. The molecule has 84 valence electrons. The Kier molecular flexibility index (Phi) is 2.76. The van der Waals surface area contributed by atoms with Gasteiger partial charge >= 0.3 is 0 Å². The minimum absolute atomic E-state index is 0.711. The predicted molar refractivity (Wildman–Crippen MR) is 70.2 cm³/mol. The second-order valence-corrected chi connectivity index (χ2v) is 4.82. The Morgan fingerprint density at radius 1 is 1.31 bits per heavy atom. The standard InChI is InChI=1S/C12H14BrN3/c1-7-4-5-10(13)9(6-7)11-8(2)12(14)16(3)15-11/h4-6H,14H2,1-3H3. The van der Waals surface area contributed by atoms with E-state index in [1.807, 2.05) is 20.0 Å². The first-order chi connectivity index (χ1) is 7.50. The first-order valence-corrected chi connectivity index (χ1v) is 5.85. The number of anilines is 1. The summed E-state index contributed by atoms with van der Waals surface area (Å²) in [5, 5.41) is 4.44. The van der Waals surface area contributed by atoms with E-state index in [4.69, 9.17) is 5.73 Å². The molecule has 3 nitrogen and oxygen atoms in total. The molecule has 0 saturated heterocycles. The third-order valence-corrected chi connectivity index (χ3v) is 3.41. The van der Waals surface area contributed by atoms with Gasteiger partial charge in [-0.3, -0.25) is 4.68 Å². The first-order valence-electron chi connectivity index (χ1n) is 5.06. The van der Waals surface area contributed by atoms with Gasteiger partial charge in [0, 0.05) is 22.6 Å². The summed E-state index contributed by atoms with van der Waals surface area (Å²) < 4.78 is 2.75. The van der Waals surface area contributed by atoms with Gasteiger partial charge in [-0.25, -0.2) is 0 Å². The van der Waals surface area contributed by atoms with E-state index >= 15 is 0 Å². The van der Waals surface area contributed by atoms with E-state index < -0.39 is 0 Å². The van der Waals surface area contributed by atoms with Gasteiger partial charge in [-0.1, -0.05) is 27.6 Å². The molecule has 0 saturated carbocycles. The molecule has 0 radical (unpaired) electrons. The second kappa shape index (κ2) is 3.94. The molecule has 2 rings (SSSR count). The number of halogens is 1. The second-order valence-electron chi connectivity index (χ2n) is 3.97. The van der Waals surface area contributed by atoms with Crippen LogP contribution in [-0.4, -0.2) is 9.78 Å². The van der Waals surface area contributed by atoms with Crippen molar-refractivity contribution in [2.75, 3.05) is 5.73 Å². The zero-order chi connectivity index (χ0) is 11.9. The van der Waals surface area contributed by atoms with Crippen LogP contribution in [0.1, 0.15) is 11.1 Å². The van der Waals surface area contributed by atoms with E-state index in [-0.39, 0.29) is 0 Å². The molecule has 0 bridgehead atoms. The number of nitrogen functional groups attached to an aromatic ring is 1. The maximum absolute atomic E-state index is 5.91. The van der Waals surface area contributed by atoms with E-state index in [0.29, 0.717) is 5.82 Å². The van der Waals surface area contributed by atoms with Gasteiger partial charge in [0.25, 0.3) is 0 Å². The monoisotopic (exact) mass is 279 g/mol. The molecule has 4 heteroatoms. The van der Waals surface area contributed by atoms with Crippen LogP contribution >= 0.6 is 15.9 Å². The van der Waals surface area contributed by atoms with E-state index in [0.717, 1.165) is 21.3 Å². The van der Waals surface area contributed by atoms with Gasteiger partial charge in [0.1, 0.15) is 5.82 Å². The molecule has 1 aromatic carbocycles. The summed E-state index contributed by atoms with van der Waals surface area (Å²) in [6, 6.07) is 6.21. The number of hydrogen-bond donors (Lipinski definition) is 1. The van der Waals surface area contributed by atoms with E-state index in [1.54, 1.807) is 4.68 Å². The number of rotatable bonds is 1. The molecule has 0 aliphatic heterocycles. The third kappa shape index (κ3) is 1.73. The SMILES string of the molecule is Cc1ccc(Br)c(-c2nn(C)c(N)c2C)c1. The summed E-state index contributed by atoms with van der Waals surface area (Å²) in [6.45, 7) is 4.06. The number of nitrogens with zero attached hydrogens (tertiary/aromatic N) is 2. The van der Waals surface area contributed by atoms with Crippen molar-refractivity contribution in [2.24, 2.45) is 7.05 Å². The van der Waals surface area contributed by atoms with Crippen molar-refractivity contribution < 1.29 is 0 Å². The lowest BCUT2D eigenvalue weighted by atomic mass is 10.1. The molecule has 1 aromatic heterocycles. The normalized spacial score (nSPS) is 10.8. The highest BCUT2D eigenvalue weighted by molar-refractivity contribution is 9.10. The van der Waals surface area contributed by atoms with Crippen LogP contribution in [-0.2, 0) is 7.05 Å². The van der Waals surface area contributed by atoms with Crippen LogP contribution in [0.5, 0.6) is 0 Å². The molecule has 0 aliphatic rings. The van der Waals surface area contributed by atoms with Crippen LogP contribution in [0.2, 0.25) is 0 Å². The Hall–Kier alpha value is -1.29. The lowest BCUT2D eigenvalue weighted by Gasteiger charge is -2.03. The molecular weight excluding hydrogens is 266 g/mol. The lowest BCUT2D eigenvalue weighted by molar-refractivity contribution is 0.782. The number of nitrogens with two attached hydrogens (primary N) is 1. The number of hydrogen-bond acceptors (Lipinski definition) is 2. The Balaban J connectivity index is 2.67. The summed E-state index contributed by atoms with van der Waals surface area (Å²) >= 11 is 3.55. The van der Waals surface area contributed by atoms with Gasteiger partial charge in [0.2, 0.25) is 0 Å². The number of aryl methyl sites for hydroxylation is 2. The molecule has 0 aliphatic carbocycles. The van der Waals surface area contributed by atoms with Gasteiger partial charge in [0.05, 0.1) is 5.69 Å². The maximum Gasteiger partial charge on any atom is 0.124 e. The summed E-state index contributed by atoms with van der Waals surface area (Å²) in [7, 11) is 1.86. The summed E-state index contributed by atoms with van der Waals surface area (Å²) in [5.41, 5.74) is 10.2. The first kappa shape index (κ1) is 11.2. The van der Waals surface area contributed by atoms with Gasteiger partial charge in [0.15, 0.2) is 0 Å². The van der Waals surface area contributed by atoms with Crippen LogP contribution in [0.25, 0.3) is 11.3 Å². The van der Waals surface area contributed by atoms with E-state index in [1.165, 1.54) is 5.56 Å². The summed E-state index contributed by atoms with van der Waals surface area (Å²) in [5.74, 6) is 0.711. The molecule has 0 amide bonds. The quantitative estimate of drug-likeness (QED) is 0.872. The maximum atomic E-state index is 5.91. The highest BCUT2D eigenvalue weighted by Crippen LogP contribution is 2.32. The summed E-state index contributed by atoms with van der Waals surface area (Å²) in [4.78, 5) is 0. The van der Waals surface area contributed by atoms with Gasteiger partial charge in [-0.2, -0.15) is 5.10 Å². The molecule has 0 spiro atoms. The van der Waals surface area contributed by atoms with Crippen molar-refractivity contribution in [1.82, 2.24) is 9.78 Å². The van der Waals surface area contributed by atoms with Crippen molar-refractivity contribution in [2.45, 2.75) is 13.8 Å². The van der Waals surface area contributed by atoms with Crippen molar-refractivity contribution in [3.63, 3.8) is 0 Å². The molecule has 0 unspecified atom stereocenters. The highest BCUT2D eigenvalue weighted by Gasteiger charge is 2.13. The fourth-order valence-electron chi connectivity index (χ4n) is 1.72. The van der Waals surface area contributed by atoms with E-state index in [2.05, 4.69) is 40.1 Å². The van der Waals surface area contributed by atoms with Gasteiger partial charge in [-0.05, 0) is 26.0 Å². The van der Waals surface area contributed by atoms with Crippen molar-refractivity contribution >= 4 is 21.7 Å². The minimum Gasteiger partial charge on any atom is -0.384 e. The third-order valence-electron chi connectivity index (χ3n) is 2.72. The fraction of sp³-hybridized carbons (Fsp3) is 0.250. The fourth-order valence-corrected chi connectivity index (χ4v) is 2.15. The highest BCUT2D eigenvalue weighted by atomic mass is 79.9. The number of benzene rings is 1. The smallest absolute Gasteiger partial charge is 0.124 e. The molecule has 2 aromatic rings. The Morgan fingerprint density at radius 3 is 2.56 bits per heavy atom. The Morgan fingerprint density at radius 2 is 2.00 bits per heavy atom. The molecule has 2 N–H and O–H groups in total. The molecule has 16 heavy (non-hydrogen) atoms. The van der Waals surface area contributed by atoms with Crippen molar-refractivity contribution in [3.05, 3.63) is 33.8 Å². The molecule has 1 heterocycles. The predicted octanol–water partition coefficient (Wildman–Crippen LogP) is 3.05. The number of aromatic nitrogens is 2. The van der Waals surface area contributed by atoms with Crippen LogP contribution in [0.15, 0.2) is 22.7 Å².